The van der Waals surface area contributed by atoms with Crippen molar-refractivity contribution in [2.75, 3.05) is 7.05 Å². The third-order valence-corrected chi connectivity index (χ3v) is 0.274. The Morgan fingerprint density at radius 1 is 2.00 bits per heavy atom. The topological polar surface area (TPSA) is 21.3 Å². The Labute approximate surface area is 30.7 Å². The lowest BCUT2D eigenvalue weighted by atomic mass is 11.6. The van der Waals surface area contributed by atoms with Crippen molar-refractivity contribution in [2.24, 2.45) is 0 Å². The molecular formula is CH5NOS. The first-order valence-corrected chi connectivity index (χ1v) is 1.25. The molecule has 0 heterocycles. The summed E-state index contributed by atoms with van der Waals surface area (Å²) in [7, 11) is 1.63. The normalized spacial score (nSPS) is 7.50. The van der Waals surface area contributed by atoms with E-state index in [1.165, 1.54) is 0 Å². The summed E-state index contributed by atoms with van der Waals surface area (Å²) in [5.41, 5.74) is 2.29. The average molecular weight is 79.1 g/mol. The van der Waals surface area contributed by atoms with Gasteiger partial charge < -0.3 is 0 Å². The van der Waals surface area contributed by atoms with Crippen LogP contribution in [-0.2, 0) is 4.28 Å². The SMILES string of the molecule is CNOS. The van der Waals surface area contributed by atoms with Crippen LogP contribution >= 0.6 is 12.9 Å². The molecular weight excluding hydrogens is 74.1 g/mol. The molecule has 3 heteroatoms. The maximum absolute atomic E-state index is 3.99. The maximum Gasteiger partial charge on any atom is 0.0107 e. The minimum Gasteiger partial charge on any atom is -0.235 e. The third-order valence-electron chi connectivity index (χ3n) is 0.0913. The zero-order chi connectivity index (χ0) is 3.41. The highest BCUT2D eigenvalue weighted by molar-refractivity contribution is 7.75. The summed E-state index contributed by atoms with van der Waals surface area (Å²) in [6.45, 7) is 0. The van der Waals surface area contributed by atoms with E-state index >= 15 is 0 Å². The van der Waals surface area contributed by atoms with E-state index in [4.69, 9.17) is 0 Å². The quantitative estimate of drug-likeness (QED) is 0.262. The van der Waals surface area contributed by atoms with Gasteiger partial charge in [0, 0.05) is 7.05 Å². The number of nitrogens with one attached hydrogen (secondary N) is 1. The average Bonchev–Trinajstić information content (AvgIpc) is 1.37. The van der Waals surface area contributed by atoms with Gasteiger partial charge in [-0.2, -0.15) is 5.48 Å². The van der Waals surface area contributed by atoms with E-state index < -0.39 is 0 Å². The standard InChI is InChI=1S/CH5NOS/c1-2-3-4/h2,4H,1H3. The van der Waals surface area contributed by atoms with Crippen LogP contribution in [0.4, 0.5) is 0 Å². The third kappa shape index (κ3) is 2.27. The lowest BCUT2D eigenvalue weighted by molar-refractivity contribution is 0.278. The Balaban J connectivity index is 1.97. The van der Waals surface area contributed by atoms with Crippen molar-refractivity contribution in [2.45, 2.75) is 0 Å². The molecule has 2 nitrogen and oxygen atoms in total. The van der Waals surface area contributed by atoms with E-state index in [-0.39, 0.29) is 0 Å². The van der Waals surface area contributed by atoms with Crippen molar-refractivity contribution in [3.63, 3.8) is 0 Å². The zero-order valence-electron chi connectivity index (χ0n) is 2.36. The van der Waals surface area contributed by atoms with E-state index in [1.807, 2.05) is 0 Å². The van der Waals surface area contributed by atoms with Crippen LogP contribution in [0.25, 0.3) is 0 Å². The highest BCUT2D eigenvalue weighted by Crippen LogP contribution is 1.58. The molecule has 0 unspecified atom stereocenters. The van der Waals surface area contributed by atoms with Gasteiger partial charge in [0.1, 0.15) is 0 Å². The van der Waals surface area contributed by atoms with Crippen LogP contribution in [-0.4, -0.2) is 7.05 Å². The van der Waals surface area contributed by atoms with E-state index in [0.29, 0.717) is 0 Å². The fourth-order valence-corrected chi connectivity index (χ4v) is 0. The van der Waals surface area contributed by atoms with Crippen molar-refractivity contribution >= 4 is 12.9 Å². The van der Waals surface area contributed by atoms with E-state index in [0.717, 1.165) is 0 Å². The molecule has 0 amide bonds. The Morgan fingerprint density at radius 3 is 2.25 bits per heavy atom. The van der Waals surface area contributed by atoms with Crippen LogP contribution < -0.4 is 5.48 Å². The highest BCUT2D eigenvalue weighted by atomic mass is 32.1. The second-order valence-electron chi connectivity index (χ2n) is 0.295. The maximum atomic E-state index is 3.99. The Morgan fingerprint density at radius 2 is 2.25 bits per heavy atom. The zero-order valence-corrected chi connectivity index (χ0v) is 3.25. The number of rotatable bonds is 1. The molecule has 0 fully saturated rings. The number of thiol groups is 1. The van der Waals surface area contributed by atoms with Crippen molar-refractivity contribution in [3.8, 4) is 0 Å². The van der Waals surface area contributed by atoms with Crippen LogP contribution in [0, 0.1) is 0 Å². The first-order chi connectivity index (χ1) is 1.91. The molecule has 0 aliphatic carbocycles. The Bertz CT molecular complexity index is 10.0. The molecule has 0 aliphatic rings. The van der Waals surface area contributed by atoms with Crippen molar-refractivity contribution in [3.05, 3.63) is 0 Å². The summed E-state index contributed by atoms with van der Waals surface area (Å²) >= 11 is 3.31. The minimum atomic E-state index is 1.63. The Hall–Kier alpha value is 0.270. The molecule has 4 heavy (non-hydrogen) atoms. The summed E-state index contributed by atoms with van der Waals surface area (Å²) in [6, 6.07) is 0. The fraction of sp³-hybridized carbons (Fsp3) is 1.00. The summed E-state index contributed by atoms with van der Waals surface area (Å²) in [4.78, 5) is 0. The molecule has 0 spiro atoms. The van der Waals surface area contributed by atoms with Crippen LogP contribution in [0.15, 0.2) is 0 Å². The van der Waals surface area contributed by atoms with Gasteiger partial charge in [0.05, 0.1) is 0 Å². The highest BCUT2D eigenvalue weighted by Gasteiger charge is 1.47. The van der Waals surface area contributed by atoms with Crippen molar-refractivity contribution in [1.29, 1.82) is 0 Å². The first-order valence-electron chi connectivity index (χ1n) is 0.887. The number of hydroxylamine groups is 1. The van der Waals surface area contributed by atoms with Crippen LogP contribution in [0.3, 0.4) is 0 Å². The number of hydrogen-bond donors (Lipinski definition) is 2. The first kappa shape index (κ1) is 4.27. The molecule has 0 saturated heterocycles. The summed E-state index contributed by atoms with van der Waals surface area (Å²) in [5, 5.41) is 0. The molecule has 0 atom stereocenters. The van der Waals surface area contributed by atoms with Gasteiger partial charge >= 0.3 is 0 Å². The van der Waals surface area contributed by atoms with Gasteiger partial charge in [-0.05, 0) is 12.9 Å². The second-order valence-corrected chi connectivity index (χ2v) is 0.478. The smallest absolute Gasteiger partial charge is 0.0107 e. The molecule has 0 aliphatic heterocycles. The van der Waals surface area contributed by atoms with Crippen LogP contribution in [0.5, 0.6) is 0 Å². The van der Waals surface area contributed by atoms with Crippen molar-refractivity contribution < 1.29 is 4.28 Å². The Kier molecular flexibility index (Phi) is 3.49. The monoisotopic (exact) mass is 79.0 g/mol. The molecule has 26 valence electrons. The molecule has 0 aromatic heterocycles. The minimum absolute atomic E-state index is 1.63. The van der Waals surface area contributed by atoms with Crippen LogP contribution in [0.1, 0.15) is 0 Å². The van der Waals surface area contributed by atoms with Gasteiger partial charge in [-0.1, -0.05) is 0 Å². The lowest BCUT2D eigenvalue weighted by Crippen LogP contribution is -1.95. The molecule has 0 aromatic carbocycles. The van der Waals surface area contributed by atoms with Gasteiger partial charge in [-0.25, -0.2) is 4.28 Å². The largest absolute Gasteiger partial charge is 0.235 e. The molecule has 0 radical (unpaired) electrons. The predicted octanol–water partition coefficient (Wildman–Crippen LogP) is -0.0178. The molecule has 0 saturated carbocycles. The van der Waals surface area contributed by atoms with Gasteiger partial charge in [0.25, 0.3) is 0 Å². The van der Waals surface area contributed by atoms with E-state index in [9.17, 15) is 0 Å². The van der Waals surface area contributed by atoms with Gasteiger partial charge in [-0.15, -0.1) is 0 Å². The summed E-state index contributed by atoms with van der Waals surface area (Å²) < 4.78 is 3.99. The summed E-state index contributed by atoms with van der Waals surface area (Å²) in [5.74, 6) is 0. The second kappa shape index (κ2) is 3.27. The fourth-order valence-electron chi connectivity index (χ4n) is 0. The summed E-state index contributed by atoms with van der Waals surface area (Å²) in [6.07, 6.45) is 0. The van der Waals surface area contributed by atoms with Gasteiger partial charge in [0.15, 0.2) is 0 Å². The van der Waals surface area contributed by atoms with E-state index in [2.05, 4.69) is 22.7 Å². The van der Waals surface area contributed by atoms with Crippen molar-refractivity contribution in [1.82, 2.24) is 5.48 Å². The number of hydrogen-bond acceptors (Lipinski definition) is 3. The van der Waals surface area contributed by atoms with E-state index in [1.54, 1.807) is 7.05 Å². The van der Waals surface area contributed by atoms with Gasteiger partial charge in [0.2, 0.25) is 0 Å². The predicted molar refractivity (Wildman–Crippen MR) is 19.1 cm³/mol. The van der Waals surface area contributed by atoms with Gasteiger partial charge in [-0.3, -0.25) is 0 Å². The molecule has 0 rings (SSSR count). The molecule has 0 aromatic rings. The van der Waals surface area contributed by atoms with Crippen LogP contribution in [0.2, 0.25) is 0 Å². The lowest BCUT2D eigenvalue weighted by Gasteiger charge is -1.78. The molecule has 0 bridgehead atoms. The molecule has 1 N–H and O–H groups in total.